The first kappa shape index (κ1) is 28.6. The molecule has 2 heterocycles. The van der Waals surface area contributed by atoms with E-state index in [1.54, 1.807) is 11.5 Å². The van der Waals surface area contributed by atoms with Crippen molar-refractivity contribution >= 4 is 41.0 Å². The van der Waals surface area contributed by atoms with Crippen LogP contribution in [0.25, 0.3) is 0 Å². The molecule has 1 unspecified atom stereocenters. The maximum Gasteiger partial charge on any atom is 0.435 e. The highest BCUT2D eigenvalue weighted by Gasteiger charge is 2.62. The van der Waals surface area contributed by atoms with E-state index in [1.165, 1.54) is 31.2 Å². The van der Waals surface area contributed by atoms with Gasteiger partial charge in [-0.3, -0.25) is 4.79 Å². The Labute approximate surface area is 217 Å². The quantitative estimate of drug-likeness (QED) is 0.423. The zero-order valence-corrected chi connectivity index (χ0v) is 20.5. The zero-order valence-electron chi connectivity index (χ0n) is 19.0. The molecule has 4 rings (SSSR count). The molecule has 1 N–H and O–H groups in total. The van der Waals surface area contributed by atoms with Crippen LogP contribution in [0, 0.1) is 6.92 Å². The molecule has 0 aliphatic carbocycles. The Balaban J connectivity index is 0.000000678. The number of nitrogens with one attached hydrogen (secondary N) is 1. The van der Waals surface area contributed by atoms with Crippen LogP contribution in [0.15, 0.2) is 46.7 Å². The Bertz CT molecular complexity index is 1190. The second-order valence-corrected chi connectivity index (χ2v) is 8.90. The molecule has 14 heteroatoms. The van der Waals surface area contributed by atoms with Crippen molar-refractivity contribution in [3.8, 4) is 0 Å². The van der Waals surface area contributed by atoms with E-state index >= 15 is 0 Å². The normalized spacial score (nSPS) is 18.9. The number of nitrogens with zero attached hydrogens (tertiary/aromatic N) is 2. The maximum absolute atomic E-state index is 14.1. The van der Waals surface area contributed by atoms with Crippen LogP contribution >= 0.6 is 23.2 Å². The van der Waals surface area contributed by atoms with Gasteiger partial charge >= 0.3 is 12.4 Å². The number of alkyl halides is 6. The van der Waals surface area contributed by atoms with Gasteiger partial charge in [0.2, 0.25) is 0 Å². The molecule has 6 nitrogen and oxygen atoms in total. The van der Waals surface area contributed by atoms with Crippen molar-refractivity contribution in [1.29, 1.82) is 0 Å². The predicted molar refractivity (Wildman–Crippen MR) is 125 cm³/mol. The first-order valence-corrected chi connectivity index (χ1v) is 11.4. The van der Waals surface area contributed by atoms with E-state index in [0.29, 0.717) is 0 Å². The molecular formula is C23H19Cl2F6N3O3. The van der Waals surface area contributed by atoms with Crippen LogP contribution in [0.1, 0.15) is 39.9 Å². The summed E-state index contributed by atoms with van der Waals surface area (Å²) in [5.41, 5.74) is -2.81. The van der Waals surface area contributed by atoms with E-state index in [1.807, 2.05) is 0 Å². The van der Waals surface area contributed by atoms with Gasteiger partial charge in [-0.2, -0.15) is 26.3 Å². The molecule has 2 aliphatic rings. The summed E-state index contributed by atoms with van der Waals surface area (Å²) in [6.45, 7) is 0.708. The number of benzene rings is 2. The minimum atomic E-state index is -4.88. The number of amides is 1. The highest BCUT2D eigenvalue weighted by atomic mass is 35.5. The van der Waals surface area contributed by atoms with Crippen molar-refractivity contribution in [3.05, 3.63) is 68.7 Å². The summed E-state index contributed by atoms with van der Waals surface area (Å²) in [4.78, 5) is 21.4. The van der Waals surface area contributed by atoms with Crippen LogP contribution < -0.4 is 5.32 Å². The third kappa shape index (κ3) is 7.07. The molecule has 0 spiro atoms. The third-order valence-electron chi connectivity index (χ3n) is 5.26. The Morgan fingerprint density at radius 3 is 2.24 bits per heavy atom. The lowest BCUT2D eigenvalue weighted by Gasteiger charge is -2.29. The standard InChI is InChI=1S/C20H14Cl2F6N2O2.C3H5NO/c1-10-4-11(2-3-15(10)17(31)29-9-19(23,24)25)16-8-18(32-30-16,20(26,27)28)12-5-13(21)7-14(22)6-12;1-2-4-5-3-1/h2-7H,8-9H2,1H3,(H,29,31);2H,1,3H2. The number of carbonyl (C=O) groups excluding carboxylic acids is 1. The number of hydrogen-bond acceptors (Lipinski definition) is 5. The monoisotopic (exact) mass is 569 g/mol. The first-order valence-electron chi connectivity index (χ1n) is 10.6. The molecule has 2 aliphatic heterocycles. The highest BCUT2D eigenvalue weighted by molar-refractivity contribution is 6.34. The van der Waals surface area contributed by atoms with Gasteiger partial charge in [0.05, 0.1) is 5.71 Å². The van der Waals surface area contributed by atoms with Crippen LogP contribution in [0.4, 0.5) is 26.3 Å². The van der Waals surface area contributed by atoms with Crippen molar-refractivity contribution in [1.82, 2.24) is 5.32 Å². The Morgan fingerprint density at radius 2 is 1.76 bits per heavy atom. The zero-order chi connectivity index (χ0) is 27.4. The Kier molecular flexibility index (Phi) is 8.63. The summed E-state index contributed by atoms with van der Waals surface area (Å²) >= 11 is 11.7. The van der Waals surface area contributed by atoms with Gasteiger partial charge in [-0.15, -0.1) is 0 Å². The van der Waals surface area contributed by atoms with E-state index in [0.717, 1.165) is 25.2 Å². The van der Waals surface area contributed by atoms with Gasteiger partial charge in [0.15, 0.2) is 0 Å². The van der Waals surface area contributed by atoms with Gasteiger partial charge < -0.3 is 15.0 Å². The van der Waals surface area contributed by atoms with Crippen molar-refractivity contribution < 1.29 is 40.8 Å². The number of rotatable bonds is 4. The summed E-state index contributed by atoms with van der Waals surface area (Å²) in [6, 6.07) is 7.29. The smallest absolute Gasteiger partial charge is 0.396 e. The van der Waals surface area contributed by atoms with Crippen LogP contribution in [0.2, 0.25) is 10.0 Å². The summed E-state index contributed by atoms with van der Waals surface area (Å²) in [5, 5.41) is 8.78. The van der Waals surface area contributed by atoms with Gasteiger partial charge in [-0.05, 0) is 48.4 Å². The highest BCUT2D eigenvalue weighted by Crippen LogP contribution is 2.49. The van der Waals surface area contributed by atoms with E-state index in [4.69, 9.17) is 28.0 Å². The van der Waals surface area contributed by atoms with E-state index in [9.17, 15) is 31.1 Å². The van der Waals surface area contributed by atoms with Gasteiger partial charge in [-0.25, -0.2) is 0 Å². The van der Waals surface area contributed by atoms with E-state index in [2.05, 4.69) is 15.1 Å². The lowest BCUT2D eigenvalue weighted by molar-refractivity contribution is -0.275. The van der Waals surface area contributed by atoms with Crippen LogP contribution in [0.5, 0.6) is 0 Å². The largest absolute Gasteiger partial charge is 0.435 e. The molecule has 0 fully saturated rings. The van der Waals surface area contributed by atoms with Crippen LogP contribution in [0.3, 0.4) is 0 Å². The van der Waals surface area contributed by atoms with Crippen molar-refractivity contribution in [2.75, 3.05) is 13.2 Å². The van der Waals surface area contributed by atoms with E-state index in [-0.39, 0.29) is 38.0 Å². The minimum Gasteiger partial charge on any atom is -0.396 e. The summed E-state index contributed by atoms with van der Waals surface area (Å²) in [5.74, 6) is -0.964. The van der Waals surface area contributed by atoms with Crippen LogP contribution in [-0.2, 0) is 15.3 Å². The molecule has 1 amide bonds. The lowest BCUT2D eigenvalue weighted by atomic mass is 9.86. The Morgan fingerprint density at radius 1 is 1.08 bits per heavy atom. The molecule has 37 heavy (non-hydrogen) atoms. The maximum atomic E-state index is 14.1. The topological polar surface area (TPSA) is 72.3 Å². The van der Waals surface area contributed by atoms with Crippen molar-refractivity contribution in [2.45, 2.75) is 37.7 Å². The lowest BCUT2D eigenvalue weighted by Crippen LogP contribution is -2.42. The fourth-order valence-electron chi connectivity index (χ4n) is 3.48. The van der Waals surface area contributed by atoms with Crippen molar-refractivity contribution in [2.24, 2.45) is 10.3 Å². The summed E-state index contributed by atoms with van der Waals surface area (Å²) in [6.07, 6.45) is -7.41. The molecule has 0 aromatic heterocycles. The van der Waals surface area contributed by atoms with Crippen LogP contribution in [-0.4, -0.2) is 43.3 Å². The van der Waals surface area contributed by atoms with Gasteiger partial charge in [0, 0.05) is 40.2 Å². The summed E-state index contributed by atoms with van der Waals surface area (Å²) in [7, 11) is 0. The SMILES string of the molecule is C1=NOCC1.Cc1cc(C2=NOC(c3cc(Cl)cc(Cl)c3)(C(F)(F)F)C2)ccc1C(=O)NCC(F)(F)F. The number of oxime groups is 2. The molecule has 0 bridgehead atoms. The van der Waals surface area contributed by atoms with Gasteiger partial charge in [-0.1, -0.05) is 39.6 Å². The second-order valence-electron chi connectivity index (χ2n) is 8.03. The van der Waals surface area contributed by atoms with Gasteiger partial charge in [0.25, 0.3) is 11.5 Å². The molecule has 2 aromatic rings. The molecule has 0 saturated heterocycles. The Hall–Kier alpha value is -2.99. The first-order chi connectivity index (χ1) is 17.2. The van der Waals surface area contributed by atoms with Crippen molar-refractivity contribution in [3.63, 3.8) is 0 Å². The second kappa shape index (κ2) is 11.2. The summed E-state index contributed by atoms with van der Waals surface area (Å²) < 4.78 is 79.1. The number of halogens is 8. The average Bonchev–Trinajstić information content (AvgIpc) is 3.50. The molecule has 0 radical (unpaired) electrons. The molecule has 1 atom stereocenters. The molecular weight excluding hydrogens is 551 g/mol. The average molecular weight is 570 g/mol. The fraction of sp³-hybridized carbons (Fsp3) is 0.348. The minimum absolute atomic E-state index is 0.0155. The number of hydrogen-bond donors (Lipinski definition) is 1. The predicted octanol–water partition coefficient (Wildman–Crippen LogP) is 6.57. The molecule has 0 saturated carbocycles. The van der Waals surface area contributed by atoms with Gasteiger partial charge in [0.1, 0.15) is 13.2 Å². The molecule has 200 valence electrons. The number of aryl methyl sites for hydroxylation is 1. The fourth-order valence-corrected chi connectivity index (χ4v) is 4.01. The number of carbonyl (C=O) groups is 1. The van der Waals surface area contributed by atoms with E-state index < -0.39 is 36.8 Å². The molecule has 2 aromatic carbocycles. The third-order valence-corrected chi connectivity index (χ3v) is 5.69.